The lowest BCUT2D eigenvalue weighted by atomic mass is 10.00. The van der Waals surface area contributed by atoms with Crippen molar-refractivity contribution >= 4 is 5.91 Å². The van der Waals surface area contributed by atoms with Crippen LogP contribution in [-0.2, 0) is 9.53 Å². The Bertz CT molecular complexity index is 259. The number of rotatable bonds is 5. The van der Waals surface area contributed by atoms with Gasteiger partial charge in [0.05, 0.1) is 6.54 Å². The van der Waals surface area contributed by atoms with Crippen molar-refractivity contribution in [1.82, 2.24) is 10.6 Å². The molecule has 4 nitrogen and oxygen atoms in total. The van der Waals surface area contributed by atoms with Gasteiger partial charge in [0.1, 0.15) is 0 Å². The minimum absolute atomic E-state index is 0.131. The molecule has 0 bridgehead atoms. The highest BCUT2D eigenvalue weighted by atomic mass is 16.5. The quantitative estimate of drug-likeness (QED) is 0.781. The molecule has 0 aromatic heterocycles. The van der Waals surface area contributed by atoms with E-state index in [0.29, 0.717) is 18.6 Å². The molecule has 1 heterocycles. The summed E-state index contributed by atoms with van der Waals surface area (Å²) in [6, 6.07) is 0.780. The van der Waals surface area contributed by atoms with E-state index in [1.54, 1.807) is 0 Å². The fourth-order valence-corrected chi connectivity index (χ4v) is 3.00. The van der Waals surface area contributed by atoms with Gasteiger partial charge in [-0.3, -0.25) is 4.79 Å². The first-order valence-corrected chi connectivity index (χ1v) is 7.36. The van der Waals surface area contributed by atoms with Crippen LogP contribution in [0.25, 0.3) is 0 Å². The van der Waals surface area contributed by atoms with Gasteiger partial charge in [-0.25, -0.2) is 0 Å². The van der Waals surface area contributed by atoms with Crippen molar-refractivity contribution < 1.29 is 9.53 Å². The Morgan fingerprint density at radius 3 is 2.56 bits per heavy atom. The predicted molar refractivity (Wildman–Crippen MR) is 71.4 cm³/mol. The maximum atomic E-state index is 11.8. The van der Waals surface area contributed by atoms with Crippen LogP contribution in [0.15, 0.2) is 0 Å². The van der Waals surface area contributed by atoms with Crippen molar-refractivity contribution in [3.63, 3.8) is 0 Å². The molecule has 1 atom stereocenters. The molecule has 0 radical (unpaired) electrons. The molecule has 2 aliphatic rings. The van der Waals surface area contributed by atoms with Crippen LogP contribution in [0.5, 0.6) is 0 Å². The van der Waals surface area contributed by atoms with Crippen molar-refractivity contribution in [2.45, 2.75) is 57.5 Å². The highest BCUT2D eigenvalue weighted by Gasteiger charge is 2.22. The molecule has 4 heteroatoms. The van der Waals surface area contributed by atoms with Gasteiger partial charge >= 0.3 is 0 Å². The molecule has 1 amide bonds. The van der Waals surface area contributed by atoms with Gasteiger partial charge in [-0.1, -0.05) is 12.8 Å². The molecule has 2 fully saturated rings. The Kier molecular flexibility index (Phi) is 5.45. The highest BCUT2D eigenvalue weighted by molar-refractivity contribution is 5.78. The maximum absolute atomic E-state index is 11.8. The molecule has 1 aliphatic heterocycles. The van der Waals surface area contributed by atoms with Crippen molar-refractivity contribution in [2.24, 2.45) is 5.92 Å². The molecular formula is C14H26N2O2. The second kappa shape index (κ2) is 7.10. The lowest BCUT2D eigenvalue weighted by Gasteiger charge is -2.24. The Morgan fingerprint density at radius 2 is 1.89 bits per heavy atom. The molecule has 2 N–H and O–H groups in total. The minimum Gasteiger partial charge on any atom is -0.381 e. The van der Waals surface area contributed by atoms with Crippen molar-refractivity contribution in [3.05, 3.63) is 0 Å². The van der Waals surface area contributed by atoms with Crippen LogP contribution in [-0.4, -0.2) is 37.7 Å². The third-order valence-electron chi connectivity index (χ3n) is 4.28. The molecule has 0 spiro atoms. The smallest absolute Gasteiger partial charge is 0.234 e. The predicted octanol–water partition coefficient (Wildman–Crippen LogP) is 1.45. The fraction of sp³-hybridized carbons (Fsp3) is 0.929. The van der Waals surface area contributed by atoms with Crippen LogP contribution in [0.1, 0.15) is 45.4 Å². The summed E-state index contributed by atoms with van der Waals surface area (Å²) < 4.78 is 5.28. The van der Waals surface area contributed by atoms with Crippen LogP contribution < -0.4 is 10.6 Å². The van der Waals surface area contributed by atoms with Gasteiger partial charge in [-0.15, -0.1) is 0 Å². The Morgan fingerprint density at radius 1 is 1.22 bits per heavy atom. The first-order valence-electron chi connectivity index (χ1n) is 7.36. The molecule has 18 heavy (non-hydrogen) atoms. The first-order chi connectivity index (χ1) is 8.75. The zero-order chi connectivity index (χ0) is 12.8. The van der Waals surface area contributed by atoms with E-state index >= 15 is 0 Å². The number of hydrogen-bond acceptors (Lipinski definition) is 3. The molecule has 0 aromatic rings. The lowest BCUT2D eigenvalue weighted by molar-refractivity contribution is -0.121. The number of carbonyl (C=O) groups excluding carboxylic acids is 1. The van der Waals surface area contributed by atoms with Crippen LogP contribution in [0, 0.1) is 5.92 Å². The van der Waals surface area contributed by atoms with E-state index in [-0.39, 0.29) is 5.91 Å². The summed E-state index contributed by atoms with van der Waals surface area (Å²) in [5.41, 5.74) is 0. The summed E-state index contributed by atoms with van der Waals surface area (Å²) in [7, 11) is 0. The van der Waals surface area contributed by atoms with Gasteiger partial charge in [-0.05, 0) is 38.5 Å². The van der Waals surface area contributed by atoms with E-state index in [9.17, 15) is 4.79 Å². The number of hydrogen-bond donors (Lipinski definition) is 2. The van der Waals surface area contributed by atoms with Crippen LogP contribution in [0.4, 0.5) is 0 Å². The number of ether oxygens (including phenoxy) is 1. The summed E-state index contributed by atoms with van der Waals surface area (Å²) in [6.45, 7) is 4.21. The largest absolute Gasteiger partial charge is 0.381 e. The molecule has 1 aliphatic carbocycles. The van der Waals surface area contributed by atoms with Crippen LogP contribution in [0.2, 0.25) is 0 Å². The topological polar surface area (TPSA) is 50.4 Å². The van der Waals surface area contributed by atoms with Gasteiger partial charge in [0.25, 0.3) is 0 Å². The van der Waals surface area contributed by atoms with Crippen molar-refractivity contribution in [2.75, 3.05) is 19.8 Å². The van der Waals surface area contributed by atoms with E-state index in [1.807, 2.05) is 0 Å². The van der Waals surface area contributed by atoms with Gasteiger partial charge in [-0.2, -0.15) is 0 Å². The lowest BCUT2D eigenvalue weighted by Crippen LogP contribution is -2.45. The van der Waals surface area contributed by atoms with E-state index in [2.05, 4.69) is 17.6 Å². The molecular weight excluding hydrogens is 228 g/mol. The summed E-state index contributed by atoms with van der Waals surface area (Å²) in [6.07, 6.45) is 7.23. The van der Waals surface area contributed by atoms with Gasteiger partial charge in [0.15, 0.2) is 0 Å². The average molecular weight is 254 g/mol. The van der Waals surface area contributed by atoms with Crippen molar-refractivity contribution in [3.8, 4) is 0 Å². The number of nitrogens with one attached hydrogen (secondary N) is 2. The monoisotopic (exact) mass is 254 g/mol. The molecule has 0 aromatic carbocycles. The summed E-state index contributed by atoms with van der Waals surface area (Å²) >= 11 is 0. The molecule has 2 rings (SSSR count). The van der Waals surface area contributed by atoms with Gasteiger partial charge < -0.3 is 15.4 Å². The fourth-order valence-electron chi connectivity index (χ4n) is 3.00. The molecule has 0 unspecified atom stereocenters. The Balaban J connectivity index is 1.61. The second-order valence-electron chi connectivity index (χ2n) is 5.67. The van der Waals surface area contributed by atoms with E-state index in [1.165, 1.54) is 25.7 Å². The first kappa shape index (κ1) is 13.8. The van der Waals surface area contributed by atoms with Crippen LogP contribution in [0.3, 0.4) is 0 Å². The van der Waals surface area contributed by atoms with Gasteiger partial charge in [0, 0.05) is 25.3 Å². The van der Waals surface area contributed by atoms with E-state index < -0.39 is 0 Å². The normalized spacial score (nSPS) is 24.1. The molecule has 1 saturated heterocycles. The third kappa shape index (κ3) is 4.25. The summed E-state index contributed by atoms with van der Waals surface area (Å²) in [5, 5.41) is 6.45. The summed E-state index contributed by atoms with van der Waals surface area (Å²) in [4.78, 5) is 11.8. The Labute approximate surface area is 110 Å². The van der Waals surface area contributed by atoms with Gasteiger partial charge in [0.2, 0.25) is 5.91 Å². The summed E-state index contributed by atoms with van der Waals surface area (Å²) in [5.74, 6) is 0.896. The standard InChI is InChI=1S/C14H26N2O2/c1-11(12-4-2-3-5-12)15-10-14(17)16-13-6-8-18-9-7-13/h11-13,15H,2-10H2,1H3,(H,16,17)/t11-/m1/s1. The highest BCUT2D eigenvalue weighted by Crippen LogP contribution is 2.27. The zero-order valence-electron chi connectivity index (χ0n) is 11.4. The van der Waals surface area contributed by atoms with E-state index in [0.717, 1.165) is 32.0 Å². The van der Waals surface area contributed by atoms with Crippen LogP contribution >= 0.6 is 0 Å². The third-order valence-corrected chi connectivity index (χ3v) is 4.28. The maximum Gasteiger partial charge on any atom is 0.234 e. The van der Waals surface area contributed by atoms with Crippen molar-refractivity contribution in [1.29, 1.82) is 0 Å². The SMILES string of the molecule is C[C@@H](NCC(=O)NC1CCOCC1)C1CCCC1. The number of amides is 1. The molecule has 1 saturated carbocycles. The Hall–Kier alpha value is -0.610. The number of carbonyl (C=O) groups is 1. The zero-order valence-corrected chi connectivity index (χ0v) is 11.4. The van der Waals surface area contributed by atoms with E-state index in [4.69, 9.17) is 4.74 Å². The average Bonchev–Trinajstić information content (AvgIpc) is 2.91. The molecule has 104 valence electrons. The second-order valence-corrected chi connectivity index (χ2v) is 5.67. The minimum atomic E-state index is 0.131.